The van der Waals surface area contributed by atoms with Crippen LogP contribution >= 0.6 is 15.9 Å². The molecule has 0 aliphatic carbocycles. The highest BCUT2D eigenvalue weighted by molar-refractivity contribution is 9.10. The van der Waals surface area contributed by atoms with Crippen molar-refractivity contribution < 1.29 is 9.90 Å². The average Bonchev–Trinajstić information content (AvgIpc) is 2.34. The first kappa shape index (κ1) is 12.5. The topological polar surface area (TPSA) is 72.2 Å². The summed E-state index contributed by atoms with van der Waals surface area (Å²) in [5.41, 5.74) is -0.0882. The third-order valence-corrected chi connectivity index (χ3v) is 3.16. The second-order valence-electron chi connectivity index (χ2n) is 3.66. The van der Waals surface area contributed by atoms with Crippen LogP contribution in [-0.2, 0) is 6.54 Å². The fourth-order valence-electron chi connectivity index (χ4n) is 1.51. The van der Waals surface area contributed by atoms with Gasteiger partial charge in [-0.05, 0) is 11.6 Å². The van der Waals surface area contributed by atoms with Crippen molar-refractivity contribution in [3.8, 4) is 0 Å². The lowest BCUT2D eigenvalue weighted by molar-refractivity contribution is 0.0694. The van der Waals surface area contributed by atoms with Crippen molar-refractivity contribution in [2.75, 3.05) is 0 Å². The molecule has 1 N–H and O–H groups in total. The number of aromatic nitrogens is 2. The average molecular weight is 309 g/mol. The van der Waals surface area contributed by atoms with E-state index in [0.29, 0.717) is 6.54 Å². The molecule has 1 heterocycles. The molecule has 0 saturated carbocycles. The molecule has 0 saturated heterocycles. The second kappa shape index (κ2) is 5.14. The number of benzene rings is 1. The molecule has 2 aromatic rings. The predicted molar refractivity (Wildman–Crippen MR) is 68.7 cm³/mol. The van der Waals surface area contributed by atoms with Gasteiger partial charge in [0.15, 0.2) is 0 Å². The molecule has 0 spiro atoms. The fourth-order valence-corrected chi connectivity index (χ4v) is 1.92. The molecule has 0 bridgehead atoms. The SMILES string of the molecule is O=C(O)c1cn(Cc2ccccc2Br)cnc1=O. The van der Waals surface area contributed by atoms with Crippen LogP contribution in [0.4, 0.5) is 0 Å². The van der Waals surface area contributed by atoms with Crippen LogP contribution in [0.5, 0.6) is 0 Å². The summed E-state index contributed by atoms with van der Waals surface area (Å²) in [5, 5.41) is 8.85. The van der Waals surface area contributed by atoms with E-state index in [9.17, 15) is 9.59 Å². The van der Waals surface area contributed by atoms with E-state index in [1.807, 2.05) is 24.3 Å². The van der Waals surface area contributed by atoms with Crippen LogP contribution in [0.2, 0.25) is 0 Å². The van der Waals surface area contributed by atoms with Crippen molar-refractivity contribution in [1.29, 1.82) is 0 Å². The quantitative estimate of drug-likeness (QED) is 0.937. The van der Waals surface area contributed by atoms with Crippen molar-refractivity contribution in [1.82, 2.24) is 9.55 Å². The summed E-state index contributed by atoms with van der Waals surface area (Å²) in [7, 11) is 0. The van der Waals surface area contributed by atoms with E-state index in [1.54, 1.807) is 4.57 Å². The molecule has 0 unspecified atom stereocenters. The van der Waals surface area contributed by atoms with E-state index in [4.69, 9.17) is 5.11 Å². The molecule has 0 atom stereocenters. The summed E-state index contributed by atoms with van der Waals surface area (Å²) in [6.45, 7) is 0.439. The normalized spacial score (nSPS) is 10.3. The third-order valence-electron chi connectivity index (χ3n) is 2.39. The summed E-state index contributed by atoms with van der Waals surface area (Å²) in [5.74, 6) is -1.27. The van der Waals surface area contributed by atoms with E-state index in [-0.39, 0.29) is 5.56 Å². The summed E-state index contributed by atoms with van der Waals surface area (Å²) < 4.78 is 2.48. The number of hydrogen-bond acceptors (Lipinski definition) is 3. The molecule has 5 nitrogen and oxygen atoms in total. The molecular weight excluding hydrogens is 300 g/mol. The molecule has 6 heteroatoms. The van der Waals surface area contributed by atoms with Gasteiger partial charge in [0.1, 0.15) is 5.56 Å². The Morgan fingerprint density at radius 1 is 1.39 bits per heavy atom. The maximum Gasteiger partial charge on any atom is 0.342 e. The molecule has 18 heavy (non-hydrogen) atoms. The summed E-state index contributed by atoms with van der Waals surface area (Å²) in [4.78, 5) is 25.6. The zero-order chi connectivity index (χ0) is 13.1. The van der Waals surface area contributed by atoms with Gasteiger partial charge in [-0.15, -0.1) is 0 Å². The van der Waals surface area contributed by atoms with Crippen molar-refractivity contribution in [2.45, 2.75) is 6.54 Å². The lowest BCUT2D eigenvalue weighted by atomic mass is 10.2. The van der Waals surface area contributed by atoms with Crippen molar-refractivity contribution in [3.05, 3.63) is 62.7 Å². The number of carbonyl (C=O) groups is 1. The van der Waals surface area contributed by atoms with Gasteiger partial charge < -0.3 is 9.67 Å². The monoisotopic (exact) mass is 308 g/mol. The van der Waals surface area contributed by atoms with Gasteiger partial charge >= 0.3 is 5.97 Å². The first-order valence-electron chi connectivity index (χ1n) is 5.10. The summed E-state index contributed by atoms with van der Waals surface area (Å²) in [6, 6.07) is 7.57. The summed E-state index contributed by atoms with van der Waals surface area (Å²) in [6.07, 6.45) is 2.62. The van der Waals surface area contributed by atoms with Gasteiger partial charge in [0.25, 0.3) is 5.56 Å². The number of halogens is 1. The molecule has 2 rings (SSSR count). The van der Waals surface area contributed by atoms with E-state index in [0.717, 1.165) is 10.0 Å². The van der Waals surface area contributed by atoms with Gasteiger partial charge in [-0.3, -0.25) is 4.79 Å². The minimum atomic E-state index is -1.27. The molecule has 0 fully saturated rings. The van der Waals surface area contributed by atoms with Crippen LogP contribution < -0.4 is 5.56 Å². The van der Waals surface area contributed by atoms with Crippen molar-refractivity contribution in [2.24, 2.45) is 0 Å². The first-order chi connectivity index (χ1) is 8.58. The molecule has 1 aromatic carbocycles. The lowest BCUT2D eigenvalue weighted by Gasteiger charge is -2.08. The lowest BCUT2D eigenvalue weighted by Crippen LogP contribution is -2.20. The van der Waals surface area contributed by atoms with Gasteiger partial charge in [0, 0.05) is 17.2 Å². The fraction of sp³-hybridized carbons (Fsp3) is 0.0833. The predicted octanol–water partition coefficient (Wildman–Crippen LogP) is 1.75. The van der Waals surface area contributed by atoms with E-state index < -0.39 is 11.5 Å². The minimum Gasteiger partial charge on any atom is -0.477 e. The van der Waals surface area contributed by atoms with Crippen LogP contribution in [0.1, 0.15) is 15.9 Å². The van der Waals surface area contributed by atoms with Gasteiger partial charge in [-0.2, -0.15) is 4.98 Å². The van der Waals surface area contributed by atoms with Gasteiger partial charge in [0.2, 0.25) is 0 Å². The zero-order valence-electron chi connectivity index (χ0n) is 9.21. The number of carboxylic acids is 1. The Morgan fingerprint density at radius 3 is 2.78 bits per heavy atom. The van der Waals surface area contributed by atoms with Crippen LogP contribution in [0.25, 0.3) is 0 Å². The Labute approximate surface area is 111 Å². The Morgan fingerprint density at radius 2 is 2.11 bits per heavy atom. The van der Waals surface area contributed by atoms with Crippen LogP contribution in [0.3, 0.4) is 0 Å². The Hall–Kier alpha value is -1.95. The first-order valence-corrected chi connectivity index (χ1v) is 5.90. The number of carboxylic acid groups (broad SMARTS) is 1. The van der Waals surface area contributed by atoms with Crippen LogP contribution in [0.15, 0.2) is 46.1 Å². The second-order valence-corrected chi connectivity index (χ2v) is 4.52. The largest absolute Gasteiger partial charge is 0.477 e. The Balaban J connectivity index is 2.36. The third kappa shape index (κ3) is 2.65. The van der Waals surface area contributed by atoms with Gasteiger partial charge in [-0.1, -0.05) is 34.1 Å². The molecular formula is C12H9BrN2O3. The Bertz CT molecular complexity index is 652. The summed E-state index contributed by atoms with van der Waals surface area (Å²) >= 11 is 3.40. The van der Waals surface area contributed by atoms with Gasteiger partial charge in [-0.25, -0.2) is 4.79 Å². The van der Waals surface area contributed by atoms with E-state index >= 15 is 0 Å². The van der Waals surface area contributed by atoms with E-state index in [2.05, 4.69) is 20.9 Å². The van der Waals surface area contributed by atoms with Crippen LogP contribution in [-0.4, -0.2) is 20.6 Å². The maximum absolute atomic E-state index is 11.2. The number of aromatic carboxylic acids is 1. The molecule has 0 amide bonds. The number of nitrogens with zero attached hydrogens (tertiary/aromatic N) is 2. The molecule has 1 aromatic heterocycles. The minimum absolute atomic E-state index is 0.329. The Kier molecular flexibility index (Phi) is 3.57. The highest BCUT2D eigenvalue weighted by Gasteiger charge is 2.10. The smallest absolute Gasteiger partial charge is 0.342 e. The zero-order valence-corrected chi connectivity index (χ0v) is 10.8. The highest BCUT2D eigenvalue weighted by atomic mass is 79.9. The highest BCUT2D eigenvalue weighted by Crippen LogP contribution is 2.16. The molecule has 0 aliphatic rings. The van der Waals surface area contributed by atoms with Crippen LogP contribution in [0, 0.1) is 0 Å². The molecule has 0 aliphatic heterocycles. The van der Waals surface area contributed by atoms with E-state index in [1.165, 1.54) is 12.5 Å². The standard InChI is InChI=1S/C12H9BrN2O3/c13-10-4-2-1-3-8(10)5-15-6-9(12(17)18)11(16)14-7-15/h1-4,6-7H,5H2,(H,17,18). The van der Waals surface area contributed by atoms with Crippen molar-refractivity contribution in [3.63, 3.8) is 0 Å². The molecule has 92 valence electrons. The van der Waals surface area contributed by atoms with Crippen molar-refractivity contribution >= 4 is 21.9 Å². The number of rotatable bonds is 3. The maximum atomic E-state index is 11.2. The number of hydrogen-bond donors (Lipinski definition) is 1. The molecule has 0 radical (unpaired) electrons. The van der Waals surface area contributed by atoms with Gasteiger partial charge in [0.05, 0.1) is 6.33 Å².